The van der Waals surface area contributed by atoms with E-state index in [-0.39, 0.29) is 5.92 Å². The Morgan fingerprint density at radius 1 is 0.938 bits per heavy atom. The van der Waals surface area contributed by atoms with Crippen molar-refractivity contribution >= 4 is 15.9 Å². The summed E-state index contributed by atoms with van der Waals surface area (Å²) >= 11 is 0. The largest absolute Gasteiger partial charge is 0.744 e. The van der Waals surface area contributed by atoms with Crippen molar-refractivity contribution < 1.29 is 52.9 Å². The molecule has 0 saturated heterocycles. The van der Waals surface area contributed by atoms with Crippen LogP contribution in [-0.4, -0.2) is 18.8 Å². The van der Waals surface area contributed by atoms with Gasteiger partial charge in [-0.2, -0.15) is 26.3 Å². The predicted molar refractivity (Wildman–Crippen MR) is 92.9 cm³/mol. The topological polar surface area (TPSA) is 74.3 Å². The first kappa shape index (κ1) is 25.7. The van der Waals surface area contributed by atoms with Crippen LogP contribution in [0.25, 0.3) is 0 Å². The van der Waals surface area contributed by atoms with E-state index in [9.17, 15) is 52.9 Å². The molecule has 32 heavy (non-hydrogen) atoms. The van der Waals surface area contributed by atoms with Crippen LogP contribution in [0.4, 0.5) is 35.1 Å². The highest BCUT2D eigenvalue weighted by Gasteiger charge is 2.50. The summed E-state index contributed by atoms with van der Waals surface area (Å²) < 4.78 is 143. The van der Waals surface area contributed by atoms with Gasteiger partial charge in [0.25, 0.3) is 0 Å². The van der Waals surface area contributed by atoms with Crippen LogP contribution in [0.5, 0.6) is 0 Å². The predicted octanol–water partition coefficient (Wildman–Crippen LogP) is 5.65. The van der Waals surface area contributed by atoms with Crippen LogP contribution in [0.15, 0.2) is 29.2 Å². The standard InChI is InChI=1S/C19H14F8O4S/c1-3-8(2)9-4-6-10(7-5-9)16(28)11-14(20)12(18(22,23)24)17(32(29,30)31)13(15(11)21)19(25,26)27/h4-8H,3H2,1-2H3,(H,29,30,31)/p-1. The first-order valence-corrected chi connectivity index (χ1v) is 10.1. The average molecular weight is 489 g/mol. The molecule has 0 amide bonds. The molecule has 0 aliphatic rings. The average Bonchev–Trinajstić information content (AvgIpc) is 2.63. The van der Waals surface area contributed by atoms with E-state index in [0.29, 0.717) is 12.0 Å². The second kappa shape index (κ2) is 8.43. The molecular weight excluding hydrogens is 476 g/mol. The van der Waals surface area contributed by atoms with Crippen LogP contribution in [0.2, 0.25) is 0 Å². The first-order chi connectivity index (χ1) is 14.4. The van der Waals surface area contributed by atoms with Crippen molar-refractivity contribution in [2.24, 2.45) is 0 Å². The fourth-order valence-corrected chi connectivity index (χ4v) is 3.88. The van der Waals surface area contributed by atoms with Gasteiger partial charge in [0.2, 0.25) is 0 Å². The number of hydrogen-bond acceptors (Lipinski definition) is 4. The number of rotatable bonds is 5. The molecule has 0 bridgehead atoms. The van der Waals surface area contributed by atoms with Gasteiger partial charge in [-0.15, -0.1) is 0 Å². The molecule has 176 valence electrons. The van der Waals surface area contributed by atoms with Gasteiger partial charge in [0.05, 0.1) is 10.5 Å². The highest BCUT2D eigenvalue weighted by Crippen LogP contribution is 2.46. The molecule has 0 aliphatic carbocycles. The van der Waals surface area contributed by atoms with E-state index in [1.54, 1.807) is 6.92 Å². The normalized spacial score (nSPS) is 13.8. The van der Waals surface area contributed by atoms with Gasteiger partial charge in [0.1, 0.15) is 21.2 Å². The molecule has 2 aromatic carbocycles. The van der Waals surface area contributed by atoms with Gasteiger partial charge in [-0.25, -0.2) is 17.2 Å². The summed E-state index contributed by atoms with van der Waals surface area (Å²) in [5, 5.41) is 0. The lowest BCUT2D eigenvalue weighted by atomic mass is 9.93. The minimum absolute atomic E-state index is 0.0390. The van der Waals surface area contributed by atoms with E-state index in [1.807, 2.05) is 6.92 Å². The summed E-state index contributed by atoms with van der Waals surface area (Å²) in [7, 11) is -6.68. The molecular formula is C19H13F8O4S-. The van der Waals surface area contributed by atoms with Crippen LogP contribution in [0.1, 0.15) is 58.8 Å². The van der Waals surface area contributed by atoms with Crippen molar-refractivity contribution in [3.8, 4) is 0 Å². The van der Waals surface area contributed by atoms with Crippen LogP contribution in [0, 0.1) is 11.6 Å². The summed E-state index contributed by atoms with van der Waals surface area (Å²) in [4.78, 5) is 9.35. The maximum Gasteiger partial charge on any atom is 0.420 e. The molecule has 2 rings (SSSR count). The van der Waals surface area contributed by atoms with Gasteiger partial charge >= 0.3 is 12.4 Å². The summed E-state index contributed by atoms with van der Waals surface area (Å²) in [6.45, 7) is 3.60. The lowest BCUT2D eigenvalue weighted by Crippen LogP contribution is -2.26. The molecule has 0 saturated carbocycles. The Kier molecular flexibility index (Phi) is 6.77. The van der Waals surface area contributed by atoms with Crippen molar-refractivity contribution in [2.45, 2.75) is 43.4 Å². The smallest absolute Gasteiger partial charge is 0.420 e. The van der Waals surface area contributed by atoms with E-state index in [4.69, 9.17) is 0 Å². The zero-order chi connectivity index (χ0) is 24.8. The van der Waals surface area contributed by atoms with Crippen molar-refractivity contribution in [2.75, 3.05) is 0 Å². The van der Waals surface area contributed by atoms with Crippen LogP contribution < -0.4 is 0 Å². The van der Waals surface area contributed by atoms with Crippen LogP contribution >= 0.6 is 0 Å². The maximum atomic E-state index is 14.6. The maximum absolute atomic E-state index is 14.6. The van der Waals surface area contributed by atoms with E-state index >= 15 is 0 Å². The zero-order valence-electron chi connectivity index (χ0n) is 16.2. The quantitative estimate of drug-likeness (QED) is 0.309. The van der Waals surface area contributed by atoms with Gasteiger partial charge in [-0.05, 0) is 17.9 Å². The lowest BCUT2D eigenvalue weighted by molar-refractivity contribution is -0.150. The third kappa shape index (κ3) is 4.77. The summed E-state index contributed by atoms with van der Waals surface area (Å²) in [5.41, 5.74) is -8.70. The first-order valence-electron chi connectivity index (χ1n) is 8.72. The molecule has 0 heterocycles. The Balaban J connectivity index is 2.95. The summed E-state index contributed by atoms with van der Waals surface area (Å²) in [6, 6.07) is 4.48. The fraction of sp³-hybridized carbons (Fsp3) is 0.316. The van der Waals surface area contributed by atoms with Gasteiger partial charge in [-0.1, -0.05) is 38.1 Å². The molecule has 0 fully saturated rings. The Labute approximate surface area is 176 Å². The van der Waals surface area contributed by atoms with Crippen LogP contribution in [-0.2, 0) is 22.5 Å². The van der Waals surface area contributed by atoms with Gasteiger partial charge in [0.15, 0.2) is 17.4 Å². The molecule has 1 unspecified atom stereocenters. The van der Waals surface area contributed by atoms with Crippen molar-refractivity contribution in [3.63, 3.8) is 0 Å². The van der Waals surface area contributed by atoms with Crippen molar-refractivity contribution in [1.82, 2.24) is 0 Å². The van der Waals surface area contributed by atoms with E-state index < -0.39 is 67.0 Å². The highest BCUT2D eigenvalue weighted by molar-refractivity contribution is 7.85. The van der Waals surface area contributed by atoms with Gasteiger partial charge in [-0.3, -0.25) is 4.79 Å². The van der Waals surface area contributed by atoms with Crippen molar-refractivity contribution in [3.05, 3.63) is 63.7 Å². The third-order valence-corrected chi connectivity index (χ3v) is 5.64. The van der Waals surface area contributed by atoms with Gasteiger partial charge in [0, 0.05) is 5.56 Å². The summed E-state index contributed by atoms with van der Waals surface area (Å²) in [5.74, 6) is -7.81. The number of benzene rings is 2. The second-order valence-corrected chi connectivity index (χ2v) is 8.11. The summed E-state index contributed by atoms with van der Waals surface area (Å²) in [6.07, 6.45) is -11.7. The Morgan fingerprint density at radius 3 is 1.66 bits per heavy atom. The molecule has 0 aromatic heterocycles. The monoisotopic (exact) mass is 489 g/mol. The number of alkyl halides is 6. The minimum Gasteiger partial charge on any atom is -0.744 e. The molecule has 13 heteroatoms. The third-order valence-electron chi connectivity index (χ3n) is 4.73. The lowest BCUT2D eigenvalue weighted by Gasteiger charge is -2.23. The highest BCUT2D eigenvalue weighted by atomic mass is 32.2. The molecule has 2 aromatic rings. The molecule has 0 radical (unpaired) electrons. The number of ketones is 1. The molecule has 4 nitrogen and oxygen atoms in total. The van der Waals surface area contributed by atoms with E-state index in [2.05, 4.69) is 0 Å². The zero-order valence-corrected chi connectivity index (χ0v) is 17.0. The van der Waals surface area contributed by atoms with Crippen LogP contribution in [0.3, 0.4) is 0 Å². The SMILES string of the molecule is CCC(C)c1ccc(C(=O)c2c(F)c(C(F)(F)F)c(S(=O)(=O)[O-])c(C(F)(F)F)c2F)cc1. The fourth-order valence-electron chi connectivity index (χ4n) is 2.97. The number of hydrogen-bond donors (Lipinski definition) is 0. The van der Waals surface area contributed by atoms with E-state index in [1.165, 1.54) is 12.1 Å². The Morgan fingerprint density at radius 2 is 1.34 bits per heavy atom. The number of carbonyl (C=O) groups excluding carboxylic acids is 1. The minimum atomic E-state index is -6.68. The second-order valence-electron chi connectivity index (χ2n) is 6.79. The molecule has 1 atom stereocenters. The molecule has 0 N–H and O–H groups in total. The van der Waals surface area contributed by atoms with Crippen molar-refractivity contribution in [1.29, 1.82) is 0 Å². The molecule has 0 aliphatic heterocycles. The number of carbonyl (C=O) groups is 1. The van der Waals surface area contributed by atoms with Gasteiger partial charge < -0.3 is 4.55 Å². The molecule has 0 spiro atoms. The number of halogens is 8. The Hall–Kier alpha value is -2.54. The van der Waals surface area contributed by atoms with E-state index in [0.717, 1.165) is 12.1 Å². The Bertz CT molecular complexity index is 1110.